The largest absolute Gasteiger partial charge is 0.408 e. The zero-order chi connectivity index (χ0) is 14.0. The van der Waals surface area contributed by atoms with E-state index in [1.807, 2.05) is 32.0 Å². The fourth-order valence-corrected chi connectivity index (χ4v) is 1.94. The van der Waals surface area contributed by atoms with Gasteiger partial charge in [-0.25, -0.2) is 4.68 Å². The number of ether oxygens (including phenoxy) is 1. The molecule has 1 heterocycles. The summed E-state index contributed by atoms with van der Waals surface area (Å²) in [4.78, 5) is 11.2. The summed E-state index contributed by atoms with van der Waals surface area (Å²) >= 11 is 0. The highest BCUT2D eigenvalue weighted by Crippen LogP contribution is 2.24. The molecule has 0 radical (unpaired) electrons. The van der Waals surface area contributed by atoms with Crippen molar-refractivity contribution >= 4 is 5.97 Å². The highest BCUT2D eigenvalue weighted by molar-refractivity contribution is 5.69. The lowest BCUT2D eigenvalue weighted by Gasteiger charge is -2.11. The predicted molar refractivity (Wildman–Crippen MR) is 73.7 cm³/mol. The monoisotopic (exact) mass is 258 g/mol. The van der Waals surface area contributed by atoms with Gasteiger partial charge < -0.3 is 4.74 Å². The number of benzene rings is 1. The summed E-state index contributed by atoms with van der Waals surface area (Å²) in [6.45, 7) is 7.50. The minimum absolute atomic E-state index is 0.339. The molecule has 0 N–H and O–H groups in total. The van der Waals surface area contributed by atoms with Crippen molar-refractivity contribution < 1.29 is 9.53 Å². The van der Waals surface area contributed by atoms with Crippen LogP contribution in [0.1, 0.15) is 30.7 Å². The van der Waals surface area contributed by atoms with E-state index in [4.69, 9.17) is 4.74 Å². The van der Waals surface area contributed by atoms with Gasteiger partial charge >= 0.3 is 5.97 Å². The molecule has 0 aliphatic heterocycles. The molecular weight excluding hydrogens is 240 g/mol. The fraction of sp³-hybridized carbons (Fsp3) is 0.333. The Morgan fingerprint density at radius 1 is 1.37 bits per heavy atom. The van der Waals surface area contributed by atoms with Crippen molar-refractivity contribution in [3.05, 3.63) is 41.1 Å². The lowest BCUT2D eigenvalue weighted by atomic mass is 10.1. The van der Waals surface area contributed by atoms with Crippen LogP contribution in [0.4, 0.5) is 0 Å². The Balaban J connectivity index is 2.56. The van der Waals surface area contributed by atoms with Gasteiger partial charge in [0.2, 0.25) is 5.88 Å². The van der Waals surface area contributed by atoms with Gasteiger partial charge in [0.05, 0.1) is 11.4 Å². The Hall–Kier alpha value is -2.10. The average molecular weight is 258 g/mol. The summed E-state index contributed by atoms with van der Waals surface area (Å²) < 4.78 is 6.94. The Bertz CT molecular complexity index is 615. The standard InChI is InChI=1S/C15H18N2O2/c1-5-13-9-15(19-12(4)18)17(16-13)14-8-6-7-10(2)11(14)3/h6-9H,5H2,1-4H3. The second kappa shape index (κ2) is 5.26. The van der Waals surface area contributed by atoms with E-state index < -0.39 is 0 Å². The van der Waals surface area contributed by atoms with Crippen molar-refractivity contribution in [2.75, 3.05) is 0 Å². The molecule has 0 fully saturated rings. The first-order valence-electron chi connectivity index (χ1n) is 6.37. The van der Waals surface area contributed by atoms with E-state index in [9.17, 15) is 4.79 Å². The zero-order valence-electron chi connectivity index (χ0n) is 11.7. The average Bonchev–Trinajstić information content (AvgIpc) is 2.75. The van der Waals surface area contributed by atoms with E-state index in [1.165, 1.54) is 12.5 Å². The van der Waals surface area contributed by atoms with Crippen molar-refractivity contribution in [1.29, 1.82) is 0 Å². The molecule has 4 heteroatoms. The van der Waals surface area contributed by atoms with Crippen LogP contribution >= 0.6 is 0 Å². The highest BCUT2D eigenvalue weighted by Gasteiger charge is 2.14. The summed E-state index contributed by atoms with van der Waals surface area (Å²) in [6.07, 6.45) is 0.798. The molecule has 1 aromatic heterocycles. The lowest BCUT2D eigenvalue weighted by Crippen LogP contribution is -2.08. The quantitative estimate of drug-likeness (QED) is 0.795. The van der Waals surface area contributed by atoms with Gasteiger partial charge in [-0.3, -0.25) is 4.79 Å². The number of nitrogens with zero attached hydrogens (tertiary/aromatic N) is 2. The molecule has 0 spiro atoms. The van der Waals surface area contributed by atoms with Gasteiger partial charge in [0.25, 0.3) is 0 Å². The molecule has 100 valence electrons. The number of aromatic nitrogens is 2. The molecule has 1 aromatic carbocycles. The summed E-state index contributed by atoms with van der Waals surface area (Å²) in [5.41, 5.74) is 4.15. The number of carbonyl (C=O) groups is 1. The van der Waals surface area contributed by atoms with E-state index in [0.29, 0.717) is 5.88 Å². The second-order valence-corrected chi connectivity index (χ2v) is 4.55. The van der Waals surface area contributed by atoms with Crippen LogP contribution in [0, 0.1) is 13.8 Å². The molecule has 19 heavy (non-hydrogen) atoms. The van der Waals surface area contributed by atoms with E-state index in [-0.39, 0.29) is 5.97 Å². The summed E-state index contributed by atoms with van der Waals surface area (Å²) in [5.74, 6) is 0.132. The van der Waals surface area contributed by atoms with E-state index >= 15 is 0 Å². The zero-order valence-corrected chi connectivity index (χ0v) is 11.7. The third-order valence-electron chi connectivity index (χ3n) is 3.14. The van der Waals surface area contributed by atoms with Gasteiger partial charge in [0, 0.05) is 13.0 Å². The summed E-state index contributed by atoms with van der Waals surface area (Å²) in [6, 6.07) is 7.81. The van der Waals surface area contributed by atoms with E-state index in [0.717, 1.165) is 23.4 Å². The van der Waals surface area contributed by atoms with Crippen LogP contribution in [0.2, 0.25) is 0 Å². The molecule has 0 saturated carbocycles. The van der Waals surface area contributed by atoms with E-state index in [2.05, 4.69) is 18.1 Å². The molecule has 0 aliphatic rings. The maximum Gasteiger partial charge on any atom is 0.309 e. The van der Waals surface area contributed by atoms with Crippen molar-refractivity contribution in [3.8, 4) is 11.6 Å². The first-order valence-corrected chi connectivity index (χ1v) is 6.37. The van der Waals surface area contributed by atoms with Gasteiger partial charge in [-0.15, -0.1) is 0 Å². The highest BCUT2D eigenvalue weighted by atomic mass is 16.5. The predicted octanol–water partition coefficient (Wildman–Crippen LogP) is 2.98. The van der Waals surface area contributed by atoms with Crippen LogP contribution < -0.4 is 4.74 Å². The summed E-state index contributed by atoms with van der Waals surface area (Å²) in [5, 5.41) is 4.49. The molecular formula is C15H18N2O2. The van der Waals surface area contributed by atoms with Gasteiger partial charge in [-0.2, -0.15) is 5.10 Å². The molecule has 0 unspecified atom stereocenters. The smallest absolute Gasteiger partial charge is 0.309 e. The molecule has 2 rings (SSSR count). The van der Waals surface area contributed by atoms with Gasteiger partial charge in [0.15, 0.2) is 0 Å². The maximum absolute atomic E-state index is 11.2. The minimum Gasteiger partial charge on any atom is -0.408 e. The first-order chi connectivity index (χ1) is 9.02. The Labute approximate surface area is 113 Å². The van der Waals surface area contributed by atoms with Gasteiger partial charge in [0.1, 0.15) is 0 Å². The lowest BCUT2D eigenvalue weighted by molar-refractivity contribution is -0.132. The Morgan fingerprint density at radius 2 is 2.11 bits per heavy atom. The third-order valence-corrected chi connectivity index (χ3v) is 3.14. The van der Waals surface area contributed by atoms with Gasteiger partial charge in [-0.05, 0) is 37.5 Å². The van der Waals surface area contributed by atoms with Crippen LogP contribution in [-0.4, -0.2) is 15.7 Å². The fourth-order valence-electron chi connectivity index (χ4n) is 1.94. The third kappa shape index (κ3) is 2.67. The van der Waals surface area contributed by atoms with Crippen LogP contribution in [-0.2, 0) is 11.2 Å². The van der Waals surface area contributed by atoms with Crippen molar-refractivity contribution in [3.63, 3.8) is 0 Å². The Kier molecular flexibility index (Phi) is 3.69. The number of hydrogen-bond acceptors (Lipinski definition) is 3. The summed E-state index contributed by atoms with van der Waals surface area (Å²) in [7, 11) is 0. The van der Waals surface area contributed by atoms with Crippen LogP contribution in [0.5, 0.6) is 5.88 Å². The van der Waals surface area contributed by atoms with Crippen LogP contribution in [0.25, 0.3) is 5.69 Å². The van der Waals surface area contributed by atoms with Crippen molar-refractivity contribution in [1.82, 2.24) is 9.78 Å². The molecule has 4 nitrogen and oxygen atoms in total. The number of rotatable bonds is 3. The van der Waals surface area contributed by atoms with Crippen LogP contribution in [0.3, 0.4) is 0 Å². The van der Waals surface area contributed by atoms with E-state index in [1.54, 1.807) is 4.68 Å². The number of esters is 1. The number of carbonyl (C=O) groups excluding carboxylic acids is 1. The minimum atomic E-state index is -0.339. The molecule has 0 saturated heterocycles. The molecule has 2 aromatic rings. The molecule has 0 aliphatic carbocycles. The molecule has 0 bridgehead atoms. The second-order valence-electron chi connectivity index (χ2n) is 4.55. The topological polar surface area (TPSA) is 44.1 Å². The normalized spacial score (nSPS) is 10.5. The SMILES string of the molecule is CCc1cc(OC(C)=O)n(-c2cccc(C)c2C)n1. The molecule has 0 amide bonds. The van der Waals surface area contributed by atoms with Crippen molar-refractivity contribution in [2.24, 2.45) is 0 Å². The van der Waals surface area contributed by atoms with Gasteiger partial charge in [-0.1, -0.05) is 19.1 Å². The first kappa shape index (κ1) is 13.3. The molecule has 0 atom stereocenters. The number of aryl methyl sites for hydroxylation is 2. The van der Waals surface area contributed by atoms with Crippen molar-refractivity contribution in [2.45, 2.75) is 34.1 Å². The number of hydrogen-bond donors (Lipinski definition) is 0. The maximum atomic E-state index is 11.2. The van der Waals surface area contributed by atoms with Crippen LogP contribution in [0.15, 0.2) is 24.3 Å². The Morgan fingerprint density at radius 3 is 2.74 bits per heavy atom.